The Hall–Kier alpha value is -1.38. The van der Waals surface area contributed by atoms with Crippen molar-refractivity contribution >= 4 is 6.29 Å². The molecule has 0 fully saturated rings. The molecular formula is C9H9FO2. The van der Waals surface area contributed by atoms with E-state index < -0.39 is 11.6 Å². The molecule has 0 saturated carbocycles. The lowest BCUT2D eigenvalue weighted by Gasteiger charge is -2.01. The third-order valence-electron chi connectivity index (χ3n) is 1.69. The summed E-state index contributed by atoms with van der Waals surface area (Å²) in [5, 5.41) is 9.01. The molecule has 0 amide bonds. The van der Waals surface area contributed by atoms with Gasteiger partial charge < -0.3 is 5.11 Å². The Morgan fingerprint density at radius 3 is 2.75 bits per heavy atom. The van der Waals surface area contributed by atoms with Gasteiger partial charge in [0.15, 0.2) is 17.9 Å². The predicted octanol–water partition coefficient (Wildman–Crippen LogP) is 1.91. The highest BCUT2D eigenvalue weighted by molar-refractivity contribution is 5.79. The maximum Gasteiger partial charge on any atom is 0.165 e. The van der Waals surface area contributed by atoms with Gasteiger partial charge in [-0.2, -0.15) is 0 Å². The van der Waals surface area contributed by atoms with Gasteiger partial charge in [-0.25, -0.2) is 4.39 Å². The molecule has 1 aromatic carbocycles. The van der Waals surface area contributed by atoms with Crippen molar-refractivity contribution in [2.24, 2.45) is 0 Å². The smallest absolute Gasteiger partial charge is 0.165 e. The predicted molar refractivity (Wildman–Crippen MR) is 42.8 cm³/mol. The summed E-state index contributed by atoms with van der Waals surface area (Å²) in [6, 6.07) is 2.70. The third kappa shape index (κ3) is 1.44. The van der Waals surface area contributed by atoms with E-state index in [2.05, 4.69) is 0 Å². The Bertz CT molecular complexity index is 308. The number of hydrogen-bond donors (Lipinski definition) is 1. The van der Waals surface area contributed by atoms with E-state index in [0.29, 0.717) is 18.3 Å². The van der Waals surface area contributed by atoms with E-state index in [0.717, 1.165) is 0 Å². The molecule has 2 nitrogen and oxygen atoms in total. The van der Waals surface area contributed by atoms with Crippen molar-refractivity contribution in [2.75, 3.05) is 0 Å². The van der Waals surface area contributed by atoms with Crippen molar-refractivity contribution in [3.63, 3.8) is 0 Å². The first-order valence-electron chi connectivity index (χ1n) is 3.65. The summed E-state index contributed by atoms with van der Waals surface area (Å²) in [6.45, 7) is 1.85. The van der Waals surface area contributed by atoms with Crippen molar-refractivity contribution < 1.29 is 14.3 Å². The molecule has 0 aliphatic rings. The number of hydrogen-bond acceptors (Lipinski definition) is 2. The molecule has 1 aromatic rings. The van der Waals surface area contributed by atoms with Crippen molar-refractivity contribution in [2.45, 2.75) is 13.3 Å². The molecule has 0 spiro atoms. The summed E-state index contributed by atoms with van der Waals surface area (Å²) < 4.78 is 12.8. The second-order valence-corrected chi connectivity index (χ2v) is 2.49. The first-order chi connectivity index (χ1) is 5.69. The molecule has 0 aliphatic carbocycles. The quantitative estimate of drug-likeness (QED) is 0.685. The van der Waals surface area contributed by atoms with Crippen LogP contribution in [0.1, 0.15) is 22.8 Å². The largest absolute Gasteiger partial charge is 0.504 e. The molecule has 0 bridgehead atoms. The molecule has 1 rings (SSSR count). The van der Waals surface area contributed by atoms with Crippen LogP contribution in [-0.2, 0) is 6.42 Å². The second kappa shape index (κ2) is 3.34. The number of benzene rings is 1. The summed E-state index contributed by atoms with van der Waals surface area (Å²) >= 11 is 0. The van der Waals surface area contributed by atoms with Crippen LogP contribution in [0.2, 0.25) is 0 Å². The fourth-order valence-corrected chi connectivity index (χ4v) is 0.973. The van der Waals surface area contributed by atoms with Gasteiger partial charge in [0.2, 0.25) is 0 Å². The van der Waals surface area contributed by atoms with E-state index >= 15 is 0 Å². The molecule has 3 heteroatoms. The highest BCUT2D eigenvalue weighted by Crippen LogP contribution is 2.21. The molecule has 0 unspecified atom stereocenters. The number of halogens is 1. The van der Waals surface area contributed by atoms with Gasteiger partial charge in [0.25, 0.3) is 0 Å². The van der Waals surface area contributed by atoms with Gasteiger partial charge >= 0.3 is 0 Å². The number of aromatic hydroxyl groups is 1. The zero-order chi connectivity index (χ0) is 9.14. The fraction of sp³-hybridized carbons (Fsp3) is 0.222. The summed E-state index contributed by atoms with van der Waals surface area (Å²) in [7, 11) is 0. The van der Waals surface area contributed by atoms with E-state index in [4.69, 9.17) is 5.11 Å². The molecule has 12 heavy (non-hydrogen) atoms. The average Bonchev–Trinajstić information content (AvgIpc) is 2.09. The van der Waals surface area contributed by atoms with Crippen LogP contribution in [0.4, 0.5) is 4.39 Å². The van der Waals surface area contributed by atoms with Crippen LogP contribution in [0.15, 0.2) is 12.1 Å². The molecular weight excluding hydrogens is 159 g/mol. The Morgan fingerprint density at radius 1 is 1.58 bits per heavy atom. The summed E-state index contributed by atoms with van der Waals surface area (Å²) in [4.78, 5) is 10.3. The van der Waals surface area contributed by atoms with E-state index in [1.165, 1.54) is 12.1 Å². The Kier molecular flexibility index (Phi) is 2.43. The summed E-state index contributed by atoms with van der Waals surface area (Å²) in [6.07, 6.45) is 1.08. The number of aldehydes is 1. The Labute approximate surface area is 69.6 Å². The second-order valence-electron chi connectivity index (χ2n) is 2.49. The number of carbonyl (C=O) groups excluding carboxylic acids is 1. The van der Waals surface area contributed by atoms with E-state index in [1.54, 1.807) is 0 Å². The average molecular weight is 168 g/mol. The van der Waals surface area contributed by atoms with Gasteiger partial charge in [-0.15, -0.1) is 0 Å². The fourth-order valence-electron chi connectivity index (χ4n) is 0.973. The van der Waals surface area contributed by atoms with Gasteiger partial charge in [0.05, 0.1) is 5.56 Å². The van der Waals surface area contributed by atoms with Gasteiger partial charge in [-0.1, -0.05) is 6.92 Å². The zero-order valence-corrected chi connectivity index (χ0v) is 6.67. The van der Waals surface area contributed by atoms with Gasteiger partial charge in [0, 0.05) is 0 Å². The van der Waals surface area contributed by atoms with Crippen LogP contribution in [0.5, 0.6) is 5.75 Å². The molecule has 0 aliphatic heterocycles. The number of carbonyl (C=O) groups is 1. The number of rotatable bonds is 2. The number of aryl methyl sites for hydroxylation is 1. The SMILES string of the molecule is CCc1cc(F)c(O)c(C=O)c1. The number of phenols is 1. The van der Waals surface area contributed by atoms with Crippen LogP contribution < -0.4 is 0 Å². The van der Waals surface area contributed by atoms with Crippen molar-refractivity contribution in [3.05, 3.63) is 29.1 Å². The normalized spacial score (nSPS) is 9.83. The monoisotopic (exact) mass is 168 g/mol. The lowest BCUT2D eigenvalue weighted by atomic mass is 10.1. The van der Waals surface area contributed by atoms with Crippen molar-refractivity contribution in [3.8, 4) is 5.75 Å². The number of phenolic OH excluding ortho intramolecular Hbond substituents is 1. The minimum atomic E-state index is -0.739. The molecule has 0 saturated heterocycles. The molecule has 1 N–H and O–H groups in total. The van der Waals surface area contributed by atoms with Crippen molar-refractivity contribution in [1.82, 2.24) is 0 Å². The highest BCUT2D eigenvalue weighted by atomic mass is 19.1. The minimum Gasteiger partial charge on any atom is -0.504 e. The van der Waals surface area contributed by atoms with Crippen LogP contribution in [-0.4, -0.2) is 11.4 Å². The summed E-state index contributed by atoms with van der Waals surface area (Å²) in [5.41, 5.74) is 0.708. The van der Waals surface area contributed by atoms with E-state index in [-0.39, 0.29) is 5.56 Å². The molecule has 0 radical (unpaired) electrons. The van der Waals surface area contributed by atoms with Crippen LogP contribution in [0.3, 0.4) is 0 Å². The zero-order valence-electron chi connectivity index (χ0n) is 6.67. The molecule has 64 valence electrons. The third-order valence-corrected chi connectivity index (χ3v) is 1.69. The van der Waals surface area contributed by atoms with E-state index in [9.17, 15) is 9.18 Å². The van der Waals surface area contributed by atoms with Crippen molar-refractivity contribution in [1.29, 1.82) is 0 Å². The van der Waals surface area contributed by atoms with Crippen LogP contribution in [0.25, 0.3) is 0 Å². The topological polar surface area (TPSA) is 37.3 Å². The highest BCUT2D eigenvalue weighted by Gasteiger charge is 2.07. The standard InChI is InChI=1S/C9H9FO2/c1-2-6-3-7(5-11)9(12)8(10)4-6/h3-5,12H,2H2,1H3. The van der Waals surface area contributed by atoms with Gasteiger partial charge in [-0.05, 0) is 24.1 Å². The first kappa shape index (κ1) is 8.71. The van der Waals surface area contributed by atoms with Gasteiger partial charge in [0.1, 0.15) is 0 Å². The maximum atomic E-state index is 12.8. The lowest BCUT2D eigenvalue weighted by molar-refractivity contribution is 0.112. The van der Waals surface area contributed by atoms with Crippen LogP contribution >= 0.6 is 0 Å². The molecule has 0 atom stereocenters. The van der Waals surface area contributed by atoms with E-state index in [1.807, 2.05) is 6.92 Å². The summed E-state index contributed by atoms with van der Waals surface area (Å²) in [5.74, 6) is -1.31. The maximum absolute atomic E-state index is 12.8. The molecule has 0 heterocycles. The Morgan fingerprint density at radius 2 is 2.25 bits per heavy atom. The van der Waals surface area contributed by atoms with Crippen LogP contribution in [0, 0.1) is 5.82 Å². The van der Waals surface area contributed by atoms with Gasteiger partial charge in [-0.3, -0.25) is 4.79 Å². The Balaban J connectivity index is 3.28. The minimum absolute atomic E-state index is 0.00634. The first-order valence-corrected chi connectivity index (χ1v) is 3.65. The lowest BCUT2D eigenvalue weighted by Crippen LogP contribution is -1.90. The molecule has 0 aromatic heterocycles.